The van der Waals surface area contributed by atoms with Crippen LogP contribution in [-0.4, -0.2) is 36.7 Å². The molecule has 1 atom stereocenters. The molecule has 4 heteroatoms. The number of amides is 1. The van der Waals surface area contributed by atoms with E-state index in [0.717, 1.165) is 32.4 Å². The lowest BCUT2D eigenvalue weighted by Crippen LogP contribution is -2.36. The first-order valence-electron chi connectivity index (χ1n) is 9.01. The lowest BCUT2D eigenvalue weighted by atomic mass is 9.99. The summed E-state index contributed by atoms with van der Waals surface area (Å²) in [5, 5.41) is 0. The van der Waals surface area contributed by atoms with Crippen LogP contribution in [0.25, 0.3) is 0 Å². The molecular formula is C21H23NO3. The van der Waals surface area contributed by atoms with Gasteiger partial charge in [-0.05, 0) is 42.5 Å². The van der Waals surface area contributed by atoms with Crippen LogP contribution in [0.2, 0.25) is 0 Å². The van der Waals surface area contributed by atoms with Gasteiger partial charge in [-0.1, -0.05) is 36.4 Å². The molecule has 0 saturated carbocycles. The molecule has 1 amide bonds. The quantitative estimate of drug-likeness (QED) is 0.858. The maximum Gasteiger partial charge on any atom is 0.257 e. The first kappa shape index (κ1) is 16.2. The smallest absolute Gasteiger partial charge is 0.257 e. The zero-order valence-corrected chi connectivity index (χ0v) is 14.3. The number of fused-ring (bicyclic) bond motifs is 1. The average molecular weight is 337 g/mol. The van der Waals surface area contributed by atoms with Crippen molar-refractivity contribution in [3.05, 3.63) is 65.2 Å². The van der Waals surface area contributed by atoms with Gasteiger partial charge in [0.25, 0.3) is 5.91 Å². The molecule has 2 aromatic rings. The number of nitrogens with zero attached hydrogens (tertiary/aromatic N) is 1. The van der Waals surface area contributed by atoms with Crippen molar-refractivity contribution in [1.82, 2.24) is 4.90 Å². The zero-order valence-electron chi connectivity index (χ0n) is 14.3. The highest BCUT2D eigenvalue weighted by atomic mass is 16.5. The first-order valence-corrected chi connectivity index (χ1v) is 9.01. The van der Waals surface area contributed by atoms with Crippen molar-refractivity contribution >= 4 is 5.91 Å². The molecule has 0 aromatic heterocycles. The monoisotopic (exact) mass is 337 g/mol. The third-order valence-electron chi connectivity index (χ3n) is 4.98. The van der Waals surface area contributed by atoms with Crippen molar-refractivity contribution in [3.8, 4) is 5.75 Å². The maximum absolute atomic E-state index is 13.0. The second-order valence-electron chi connectivity index (χ2n) is 6.69. The van der Waals surface area contributed by atoms with Gasteiger partial charge in [-0.3, -0.25) is 4.79 Å². The van der Waals surface area contributed by atoms with Gasteiger partial charge >= 0.3 is 0 Å². The van der Waals surface area contributed by atoms with Crippen LogP contribution in [0.4, 0.5) is 0 Å². The SMILES string of the molecule is O=C(c1ccccc1OCC1CCCO1)N1CCc2ccccc2C1. The molecule has 0 radical (unpaired) electrons. The van der Waals surface area contributed by atoms with Crippen LogP contribution >= 0.6 is 0 Å². The molecule has 0 aliphatic carbocycles. The highest BCUT2D eigenvalue weighted by molar-refractivity contribution is 5.97. The third kappa shape index (κ3) is 3.54. The minimum Gasteiger partial charge on any atom is -0.490 e. The molecule has 2 heterocycles. The molecule has 4 nitrogen and oxygen atoms in total. The van der Waals surface area contributed by atoms with Gasteiger partial charge in [0, 0.05) is 19.7 Å². The Morgan fingerprint density at radius 1 is 1.12 bits per heavy atom. The van der Waals surface area contributed by atoms with Gasteiger partial charge in [-0.15, -0.1) is 0 Å². The summed E-state index contributed by atoms with van der Waals surface area (Å²) in [7, 11) is 0. The topological polar surface area (TPSA) is 38.8 Å². The lowest BCUT2D eigenvalue weighted by Gasteiger charge is -2.29. The number of rotatable bonds is 4. The van der Waals surface area contributed by atoms with E-state index in [-0.39, 0.29) is 12.0 Å². The van der Waals surface area contributed by atoms with E-state index < -0.39 is 0 Å². The van der Waals surface area contributed by atoms with Crippen LogP contribution in [0.5, 0.6) is 5.75 Å². The summed E-state index contributed by atoms with van der Waals surface area (Å²) >= 11 is 0. The molecule has 130 valence electrons. The van der Waals surface area contributed by atoms with Crippen molar-refractivity contribution in [2.75, 3.05) is 19.8 Å². The number of hydrogen-bond donors (Lipinski definition) is 0. The summed E-state index contributed by atoms with van der Waals surface area (Å²) in [6.07, 6.45) is 3.16. The summed E-state index contributed by atoms with van der Waals surface area (Å²) in [6, 6.07) is 15.9. The Hall–Kier alpha value is -2.33. The second-order valence-corrected chi connectivity index (χ2v) is 6.69. The van der Waals surface area contributed by atoms with E-state index in [0.29, 0.717) is 24.5 Å². The number of para-hydroxylation sites is 1. The van der Waals surface area contributed by atoms with Gasteiger partial charge in [0.1, 0.15) is 12.4 Å². The number of benzene rings is 2. The fraction of sp³-hybridized carbons (Fsp3) is 0.381. The fourth-order valence-electron chi connectivity index (χ4n) is 3.57. The zero-order chi connectivity index (χ0) is 17.1. The molecule has 1 saturated heterocycles. The highest BCUT2D eigenvalue weighted by Gasteiger charge is 2.24. The summed E-state index contributed by atoms with van der Waals surface area (Å²) in [5.41, 5.74) is 3.22. The van der Waals surface area contributed by atoms with Crippen LogP contribution < -0.4 is 4.74 Å². The minimum atomic E-state index is 0.0393. The summed E-state index contributed by atoms with van der Waals surface area (Å²) in [4.78, 5) is 15.0. The van der Waals surface area contributed by atoms with Gasteiger partial charge in [0.15, 0.2) is 0 Å². The van der Waals surface area contributed by atoms with Crippen molar-refractivity contribution in [2.24, 2.45) is 0 Å². The van der Waals surface area contributed by atoms with E-state index in [1.807, 2.05) is 35.2 Å². The van der Waals surface area contributed by atoms with Crippen molar-refractivity contribution in [3.63, 3.8) is 0 Å². The van der Waals surface area contributed by atoms with Crippen molar-refractivity contribution in [2.45, 2.75) is 31.9 Å². The Morgan fingerprint density at radius 3 is 2.76 bits per heavy atom. The largest absolute Gasteiger partial charge is 0.490 e. The van der Waals surface area contributed by atoms with E-state index in [1.165, 1.54) is 11.1 Å². The van der Waals surface area contributed by atoms with Crippen LogP contribution in [-0.2, 0) is 17.7 Å². The van der Waals surface area contributed by atoms with Gasteiger partial charge in [0.2, 0.25) is 0 Å². The summed E-state index contributed by atoms with van der Waals surface area (Å²) in [6.45, 7) is 2.72. The van der Waals surface area contributed by atoms with Crippen LogP contribution in [0.3, 0.4) is 0 Å². The number of ether oxygens (including phenoxy) is 2. The minimum absolute atomic E-state index is 0.0393. The van der Waals surface area contributed by atoms with E-state index in [9.17, 15) is 4.79 Å². The normalized spacial score (nSPS) is 19.5. The second kappa shape index (κ2) is 7.28. The van der Waals surface area contributed by atoms with Crippen LogP contribution in [0.1, 0.15) is 34.3 Å². The van der Waals surface area contributed by atoms with Gasteiger partial charge in [0.05, 0.1) is 11.7 Å². The Bertz CT molecular complexity index is 752. The molecule has 4 rings (SSSR count). The predicted octanol–water partition coefficient (Wildman–Crippen LogP) is 3.44. The highest BCUT2D eigenvalue weighted by Crippen LogP contribution is 2.25. The lowest BCUT2D eigenvalue weighted by molar-refractivity contribution is 0.0645. The third-order valence-corrected chi connectivity index (χ3v) is 4.98. The van der Waals surface area contributed by atoms with Gasteiger partial charge in [-0.25, -0.2) is 0 Å². The van der Waals surface area contributed by atoms with Crippen LogP contribution in [0, 0.1) is 0 Å². The number of carbonyl (C=O) groups is 1. The van der Waals surface area contributed by atoms with Gasteiger partial charge in [-0.2, -0.15) is 0 Å². The Labute approximate surface area is 148 Å². The number of carbonyl (C=O) groups excluding carboxylic acids is 1. The standard InChI is InChI=1S/C21H23NO3/c23-21(22-12-11-16-6-1-2-7-17(16)14-22)19-9-3-4-10-20(19)25-15-18-8-5-13-24-18/h1-4,6-7,9-10,18H,5,8,11-15H2. The molecule has 25 heavy (non-hydrogen) atoms. The van der Waals surface area contributed by atoms with Crippen molar-refractivity contribution in [1.29, 1.82) is 0 Å². The Morgan fingerprint density at radius 2 is 1.92 bits per heavy atom. The molecule has 0 bridgehead atoms. The van der Waals surface area contributed by atoms with E-state index >= 15 is 0 Å². The Balaban J connectivity index is 1.48. The van der Waals surface area contributed by atoms with E-state index in [4.69, 9.17) is 9.47 Å². The summed E-state index contributed by atoms with van der Waals surface area (Å²) in [5.74, 6) is 0.694. The van der Waals surface area contributed by atoms with E-state index in [1.54, 1.807) is 0 Å². The van der Waals surface area contributed by atoms with Crippen LogP contribution in [0.15, 0.2) is 48.5 Å². The van der Waals surface area contributed by atoms with Crippen molar-refractivity contribution < 1.29 is 14.3 Å². The molecule has 2 aliphatic heterocycles. The van der Waals surface area contributed by atoms with E-state index in [2.05, 4.69) is 18.2 Å². The molecule has 2 aromatic carbocycles. The molecule has 0 N–H and O–H groups in total. The average Bonchev–Trinajstić information content (AvgIpc) is 3.19. The first-order chi connectivity index (χ1) is 12.3. The van der Waals surface area contributed by atoms with Gasteiger partial charge < -0.3 is 14.4 Å². The number of hydrogen-bond acceptors (Lipinski definition) is 3. The summed E-state index contributed by atoms with van der Waals surface area (Å²) < 4.78 is 11.5. The molecular weight excluding hydrogens is 314 g/mol. The fourth-order valence-corrected chi connectivity index (χ4v) is 3.57. The molecule has 1 fully saturated rings. The predicted molar refractivity (Wildman–Crippen MR) is 95.8 cm³/mol. The Kier molecular flexibility index (Phi) is 4.70. The molecule has 0 spiro atoms. The maximum atomic E-state index is 13.0. The molecule has 2 aliphatic rings. The molecule has 1 unspecified atom stereocenters.